The smallest absolute Gasteiger partial charge is 0.338 e. The number of thiophene rings is 1. The van der Waals surface area contributed by atoms with Crippen LogP contribution in [0.3, 0.4) is 0 Å². The largest absolute Gasteiger partial charge is 0.478 e. The Balaban J connectivity index is 2.13. The van der Waals surface area contributed by atoms with Crippen LogP contribution in [0.25, 0.3) is 0 Å². The summed E-state index contributed by atoms with van der Waals surface area (Å²) in [7, 11) is 0. The van der Waals surface area contributed by atoms with Crippen molar-refractivity contribution in [2.45, 2.75) is 10.6 Å². The molecule has 0 aliphatic carbocycles. The number of aromatic carboxylic acids is 1. The maximum absolute atomic E-state index is 13.2. The van der Waals surface area contributed by atoms with Gasteiger partial charge in [-0.05, 0) is 45.6 Å². The molecule has 0 saturated carbocycles. The monoisotopic (exact) mass is 346 g/mol. The minimum atomic E-state index is -1.24. The van der Waals surface area contributed by atoms with Crippen LogP contribution in [-0.2, 0) is 5.75 Å². The molecule has 6 heteroatoms. The lowest BCUT2D eigenvalue weighted by molar-refractivity contribution is 0.0691. The Hall–Kier alpha value is -0.850. The highest BCUT2D eigenvalue weighted by atomic mass is 79.9. The van der Waals surface area contributed by atoms with E-state index in [1.165, 1.54) is 28.8 Å². The van der Waals surface area contributed by atoms with Crippen LogP contribution in [0, 0.1) is 5.82 Å². The minimum Gasteiger partial charge on any atom is -0.478 e. The zero-order valence-corrected chi connectivity index (χ0v) is 12.2. The topological polar surface area (TPSA) is 37.3 Å². The fourth-order valence-corrected chi connectivity index (χ4v) is 4.06. The van der Waals surface area contributed by atoms with Crippen LogP contribution in [0.1, 0.15) is 15.2 Å². The average molecular weight is 347 g/mol. The molecular formula is C12H8BrFO2S2. The maximum Gasteiger partial charge on any atom is 0.338 e. The molecule has 94 valence electrons. The van der Waals surface area contributed by atoms with Gasteiger partial charge in [-0.2, -0.15) is 0 Å². The summed E-state index contributed by atoms with van der Waals surface area (Å²) in [6.45, 7) is 0. The molecule has 2 nitrogen and oxygen atoms in total. The lowest BCUT2D eigenvalue weighted by atomic mass is 10.2. The van der Waals surface area contributed by atoms with Gasteiger partial charge in [0.05, 0.1) is 5.56 Å². The Morgan fingerprint density at radius 2 is 2.22 bits per heavy atom. The SMILES string of the molecule is O=C(O)c1cc(SCc2sccc2Br)ccc1F. The summed E-state index contributed by atoms with van der Waals surface area (Å²) in [5, 5.41) is 10.8. The van der Waals surface area contributed by atoms with Crippen LogP contribution in [0.2, 0.25) is 0 Å². The van der Waals surface area contributed by atoms with Crippen molar-refractivity contribution < 1.29 is 14.3 Å². The van der Waals surface area contributed by atoms with Gasteiger partial charge in [0.15, 0.2) is 0 Å². The second-order valence-electron chi connectivity index (χ2n) is 3.43. The van der Waals surface area contributed by atoms with Gasteiger partial charge in [0, 0.05) is 20.0 Å². The van der Waals surface area contributed by atoms with E-state index >= 15 is 0 Å². The van der Waals surface area contributed by atoms with E-state index in [-0.39, 0.29) is 5.56 Å². The fourth-order valence-electron chi connectivity index (χ4n) is 1.34. The Labute approximate surface area is 120 Å². The Kier molecular flexibility index (Phi) is 4.42. The number of carboxylic acid groups (broad SMARTS) is 1. The third kappa shape index (κ3) is 3.13. The lowest BCUT2D eigenvalue weighted by Gasteiger charge is -2.03. The van der Waals surface area contributed by atoms with Crippen molar-refractivity contribution in [2.75, 3.05) is 0 Å². The van der Waals surface area contributed by atoms with Gasteiger partial charge >= 0.3 is 5.97 Å². The molecule has 18 heavy (non-hydrogen) atoms. The van der Waals surface area contributed by atoms with Gasteiger partial charge in [-0.25, -0.2) is 9.18 Å². The molecule has 0 amide bonds. The van der Waals surface area contributed by atoms with E-state index in [2.05, 4.69) is 15.9 Å². The van der Waals surface area contributed by atoms with Gasteiger partial charge in [0.25, 0.3) is 0 Å². The van der Waals surface area contributed by atoms with Crippen molar-refractivity contribution in [3.63, 3.8) is 0 Å². The Bertz CT molecular complexity index is 583. The first-order chi connectivity index (χ1) is 8.58. The minimum absolute atomic E-state index is 0.287. The van der Waals surface area contributed by atoms with Crippen LogP contribution >= 0.6 is 39.0 Å². The van der Waals surface area contributed by atoms with Gasteiger partial charge in [-0.3, -0.25) is 0 Å². The highest BCUT2D eigenvalue weighted by molar-refractivity contribution is 9.10. The number of carboxylic acids is 1. The normalized spacial score (nSPS) is 10.6. The predicted molar refractivity (Wildman–Crippen MR) is 74.9 cm³/mol. The second kappa shape index (κ2) is 5.86. The van der Waals surface area contributed by atoms with Crippen molar-refractivity contribution in [1.29, 1.82) is 0 Å². The molecule has 2 rings (SSSR count). The van der Waals surface area contributed by atoms with Crippen LogP contribution < -0.4 is 0 Å². The molecule has 0 fully saturated rings. The Morgan fingerprint density at radius 3 is 2.83 bits per heavy atom. The van der Waals surface area contributed by atoms with E-state index in [1.54, 1.807) is 17.4 Å². The molecule has 0 atom stereocenters. The van der Waals surface area contributed by atoms with Crippen LogP contribution in [0.5, 0.6) is 0 Å². The third-order valence-electron chi connectivity index (χ3n) is 2.23. The molecular weight excluding hydrogens is 339 g/mol. The van der Waals surface area contributed by atoms with Gasteiger partial charge in [0.1, 0.15) is 5.82 Å². The molecule has 0 unspecified atom stereocenters. The third-order valence-corrected chi connectivity index (χ3v) is 5.36. The summed E-state index contributed by atoms with van der Waals surface area (Å²) in [6, 6.07) is 6.11. The Morgan fingerprint density at radius 1 is 1.44 bits per heavy atom. The molecule has 0 aliphatic rings. The number of carbonyl (C=O) groups is 1. The molecule has 0 bridgehead atoms. The summed E-state index contributed by atoms with van der Waals surface area (Å²) in [6.07, 6.45) is 0. The van der Waals surface area contributed by atoms with Gasteiger partial charge in [0.2, 0.25) is 0 Å². The first-order valence-corrected chi connectivity index (χ1v) is 7.61. The first-order valence-electron chi connectivity index (χ1n) is 4.95. The number of thioether (sulfide) groups is 1. The quantitative estimate of drug-likeness (QED) is 0.819. The fraction of sp³-hybridized carbons (Fsp3) is 0.0833. The summed E-state index contributed by atoms with van der Waals surface area (Å²) in [4.78, 5) is 12.7. The second-order valence-corrected chi connectivity index (χ2v) is 6.33. The molecule has 1 heterocycles. The highest BCUT2D eigenvalue weighted by Crippen LogP contribution is 2.31. The van der Waals surface area contributed by atoms with Crippen LogP contribution in [0.4, 0.5) is 4.39 Å². The highest BCUT2D eigenvalue weighted by Gasteiger charge is 2.11. The maximum atomic E-state index is 13.2. The predicted octanol–water partition coefficient (Wildman–Crippen LogP) is 4.64. The van der Waals surface area contributed by atoms with E-state index < -0.39 is 11.8 Å². The van der Waals surface area contributed by atoms with E-state index in [1.807, 2.05) is 11.4 Å². The number of hydrogen-bond donors (Lipinski definition) is 1. The standard InChI is InChI=1S/C12H8BrFO2S2/c13-9-3-4-17-11(9)6-18-7-1-2-10(14)8(5-7)12(15)16/h1-5H,6H2,(H,15,16). The van der Waals surface area contributed by atoms with Gasteiger partial charge in [-0.15, -0.1) is 23.1 Å². The van der Waals surface area contributed by atoms with Gasteiger partial charge < -0.3 is 5.11 Å². The number of hydrogen-bond acceptors (Lipinski definition) is 3. The molecule has 1 aromatic carbocycles. The lowest BCUT2D eigenvalue weighted by Crippen LogP contribution is -2.00. The van der Waals surface area contributed by atoms with E-state index in [0.29, 0.717) is 0 Å². The molecule has 2 aromatic rings. The number of halogens is 2. The summed E-state index contributed by atoms with van der Waals surface area (Å²) in [5.41, 5.74) is -0.287. The summed E-state index contributed by atoms with van der Waals surface area (Å²) in [5.74, 6) is -1.22. The summed E-state index contributed by atoms with van der Waals surface area (Å²) < 4.78 is 14.2. The molecule has 0 aliphatic heterocycles. The molecule has 0 saturated heterocycles. The number of benzene rings is 1. The van der Waals surface area contributed by atoms with Crippen molar-refractivity contribution in [3.8, 4) is 0 Å². The first kappa shape index (κ1) is 13.6. The van der Waals surface area contributed by atoms with Crippen molar-refractivity contribution in [3.05, 3.63) is 50.4 Å². The zero-order chi connectivity index (χ0) is 13.1. The number of rotatable bonds is 4. The van der Waals surface area contributed by atoms with E-state index in [9.17, 15) is 9.18 Å². The molecule has 0 radical (unpaired) electrons. The zero-order valence-electron chi connectivity index (χ0n) is 9.02. The van der Waals surface area contributed by atoms with E-state index in [0.717, 1.165) is 15.1 Å². The van der Waals surface area contributed by atoms with Gasteiger partial charge in [-0.1, -0.05) is 0 Å². The average Bonchev–Trinajstić information content (AvgIpc) is 2.73. The van der Waals surface area contributed by atoms with Crippen molar-refractivity contribution >= 4 is 45.0 Å². The van der Waals surface area contributed by atoms with Crippen LogP contribution in [0.15, 0.2) is 39.0 Å². The summed E-state index contributed by atoms with van der Waals surface area (Å²) >= 11 is 6.54. The van der Waals surface area contributed by atoms with E-state index in [4.69, 9.17) is 5.11 Å². The molecule has 0 spiro atoms. The molecule has 1 N–H and O–H groups in total. The van der Waals surface area contributed by atoms with Crippen molar-refractivity contribution in [1.82, 2.24) is 0 Å². The van der Waals surface area contributed by atoms with Crippen molar-refractivity contribution in [2.24, 2.45) is 0 Å². The van der Waals surface area contributed by atoms with Crippen LogP contribution in [-0.4, -0.2) is 11.1 Å². The molecule has 1 aromatic heterocycles.